The number of nitrogens with one attached hydrogen (secondary N) is 1. The van der Waals surface area contributed by atoms with Gasteiger partial charge in [-0.05, 0) is 74.6 Å². The third-order valence-electron chi connectivity index (χ3n) is 7.99. The molecule has 0 spiro atoms. The number of urea groups is 1. The number of rotatable bonds is 6. The Bertz CT molecular complexity index is 1380. The van der Waals surface area contributed by atoms with Crippen LogP contribution in [0.4, 0.5) is 10.5 Å². The standard InChI is InChI=1S/C33H37N5O3/c1-36(2)22-30-32(26-13-11-25(12-14-26)10-9-24-7-5-4-6-8-24)31-23-37(20-19-28(35-40)21-38(30)31)33(39)34-27-15-17-29(41-3)18-16-27/h4-8,11-18,28,30-32H,19-23H2,1-3H3,(H,34,39)/t28?,30-,31+,32+/m1/s1. The van der Waals surface area contributed by atoms with Gasteiger partial charge in [-0.25, -0.2) is 4.79 Å². The molecule has 2 heterocycles. The molecule has 5 rings (SSSR count). The predicted molar refractivity (Wildman–Crippen MR) is 162 cm³/mol. The normalized spacial score (nSPS) is 22.3. The van der Waals surface area contributed by atoms with E-state index < -0.39 is 0 Å². The van der Waals surface area contributed by atoms with Crippen LogP contribution in [0.1, 0.15) is 29.0 Å². The molecule has 2 fully saturated rings. The van der Waals surface area contributed by atoms with Gasteiger partial charge in [0.1, 0.15) is 11.8 Å². The molecule has 0 aromatic heterocycles. The van der Waals surface area contributed by atoms with Gasteiger partial charge in [0.2, 0.25) is 0 Å². The highest BCUT2D eigenvalue weighted by Gasteiger charge is 2.51. The quantitative estimate of drug-likeness (QED) is 0.350. The van der Waals surface area contributed by atoms with Crippen molar-refractivity contribution < 1.29 is 9.53 Å². The molecule has 3 aromatic carbocycles. The summed E-state index contributed by atoms with van der Waals surface area (Å²) >= 11 is 0. The third-order valence-corrected chi connectivity index (χ3v) is 7.99. The maximum atomic E-state index is 13.4. The smallest absolute Gasteiger partial charge is 0.321 e. The van der Waals surface area contributed by atoms with E-state index in [2.05, 4.69) is 70.5 Å². The molecule has 2 saturated heterocycles. The highest BCUT2D eigenvalue weighted by molar-refractivity contribution is 5.89. The van der Waals surface area contributed by atoms with Gasteiger partial charge in [0, 0.05) is 61.0 Å². The lowest BCUT2D eigenvalue weighted by Crippen LogP contribution is -2.70. The van der Waals surface area contributed by atoms with Crippen molar-refractivity contribution in [1.82, 2.24) is 14.7 Å². The highest BCUT2D eigenvalue weighted by atomic mass is 16.5. The Hall–Kier alpha value is -4.19. The molecule has 212 valence electrons. The molecular weight excluding hydrogens is 514 g/mol. The van der Waals surface area contributed by atoms with Crippen molar-refractivity contribution in [3.63, 3.8) is 0 Å². The van der Waals surface area contributed by atoms with Crippen molar-refractivity contribution in [2.45, 2.75) is 30.5 Å². The van der Waals surface area contributed by atoms with Crippen LogP contribution in [0.2, 0.25) is 0 Å². The van der Waals surface area contributed by atoms with Crippen LogP contribution in [0, 0.1) is 16.7 Å². The Kier molecular flexibility index (Phi) is 8.98. The lowest BCUT2D eigenvalue weighted by Gasteiger charge is -2.58. The summed E-state index contributed by atoms with van der Waals surface area (Å²) in [7, 11) is 5.75. The zero-order valence-corrected chi connectivity index (χ0v) is 23.9. The summed E-state index contributed by atoms with van der Waals surface area (Å²) in [5.41, 5.74) is 3.86. The monoisotopic (exact) mass is 551 g/mol. The number of hydrogen-bond acceptors (Lipinski definition) is 6. The van der Waals surface area contributed by atoms with E-state index in [1.165, 1.54) is 5.56 Å². The van der Waals surface area contributed by atoms with Gasteiger partial charge in [-0.3, -0.25) is 4.90 Å². The average molecular weight is 552 g/mol. The molecule has 4 atom stereocenters. The fourth-order valence-corrected chi connectivity index (χ4v) is 5.90. The Labute approximate surface area is 242 Å². The van der Waals surface area contributed by atoms with Crippen LogP contribution < -0.4 is 10.1 Å². The van der Waals surface area contributed by atoms with Gasteiger partial charge in [-0.15, -0.1) is 0 Å². The highest BCUT2D eigenvalue weighted by Crippen LogP contribution is 2.42. The largest absolute Gasteiger partial charge is 0.497 e. The minimum atomic E-state index is -0.365. The summed E-state index contributed by atoms with van der Waals surface area (Å²) in [6.45, 7) is 2.50. The van der Waals surface area contributed by atoms with E-state index >= 15 is 0 Å². The van der Waals surface area contributed by atoms with E-state index in [4.69, 9.17) is 4.74 Å². The molecule has 3 aromatic rings. The summed E-state index contributed by atoms with van der Waals surface area (Å²) in [5.74, 6) is 7.42. The fourth-order valence-electron chi connectivity index (χ4n) is 5.90. The van der Waals surface area contributed by atoms with Crippen LogP contribution in [0.3, 0.4) is 0 Å². The molecule has 1 N–H and O–H groups in total. The number of carbonyl (C=O) groups is 1. The number of fused-ring (bicyclic) bond motifs is 1. The van der Waals surface area contributed by atoms with Crippen molar-refractivity contribution in [2.24, 2.45) is 5.18 Å². The Balaban J connectivity index is 1.38. The van der Waals surface area contributed by atoms with Crippen molar-refractivity contribution in [3.05, 3.63) is 100 Å². The Morgan fingerprint density at radius 2 is 1.66 bits per heavy atom. The molecule has 0 saturated carbocycles. The molecular formula is C33H37N5O3. The molecule has 0 radical (unpaired) electrons. The zero-order valence-electron chi connectivity index (χ0n) is 23.9. The molecule has 2 aliphatic rings. The van der Waals surface area contributed by atoms with Crippen molar-refractivity contribution in [1.29, 1.82) is 0 Å². The van der Waals surface area contributed by atoms with Crippen LogP contribution >= 0.6 is 0 Å². The van der Waals surface area contributed by atoms with Gasteiger partial charge in [0.15, 0.2) is 0 Å². The molecule has 41 heavy (non-hydrogen) atoms. The molecule has 8 heteroatoms. The minimum Gasteiger partial charge on any atom is -0.497 e. The molecule has 8 nitrogen and oxygen atoms in total. The van der Waals surface area contributed by atoms with Crippen molar-refractivity contribution in [2.75, 3.05) is 52.7 Å². The summed E-state index contributed by atoms with van der Waals surface area (Å²) in [4.78, 5) is 31.6. The minimum absolute atomic E-state index is 0.0763. The first-order valence-corrected chi connectivity index (χ1v) is 14.0. The van der Waals surface area contributed by atoms with Crippen LogP contribution in [0.15, 0.2) is 84.0 Å². The van der Waals surface area contributed by atoms with E-state index in [9.17, 15) is 9.70 Å². The predicted octanol–water partition coefficient (Wildman–Crippen LogP) is 4.87. The molecule has 0 aliphatic carbocycles. The SMILES string of the molecule is COc1ccc(NC(=O)N2CCC(N=O)CN3[C@H](CN(C)C)[C@H](c4ccc(C#Cc5ccccc5)cc4)[C@@H]3C2)cc1. The number of amides is 2. The number of methoxy groups -OCH3 is 1. The van der Waals surface area contributed by atoms with E-state index in [0.717, 1.165) is 23.4 Å². The van der Waals surface area contributed by atoms with Crippen molar-refractivity contribution in [3.8, 4) is 17.6 Å². The van der Waals surface area contributed by atoms with E-state index in [1.54, 1.807) is 7.11 Å². The Morgan fingerprint density at radius 3 is 2.29 bits per heavy atom. The van der Waals surface area contributed by atoms with Gasteiger partial charge in [-0.2, -0.15) is 4.91 Å². The second-order valence-corrected chi connectivity index (χ2v) is 11.0. The zero-order chi connectivity index (χ0) is 28.8. The number of ether oxygens (including phenoxy) is 1. The number of anilines is 1. The summed E-state index contributed by atoms with van der Waals surface area (Å²) in [6.07, 6.45) is 0.539. The summed E-state index contributed by atoms with van der Waals surface area (Å²) < 4.78 is 5.23. The van der Waals surface area contributed by atoms with Gasteiger partial charge in [0.05, 0.1) is 7.11 Å². The first-order valence-electron chi connectivity index (χ1n) is 14.0. The van der Waals surface area contributed by atoms with Crippen LogP contribution in [-0.2, 0) is 0 Å². The maximum Gasteiger partial charge on any atom is 0.321 e. The van der Waals surface area contributed by atoms with E-state index in [-0.39, 0.29) is 30.1 Å². The second-order valence-electron chi connectivity index (χ2n) is 11.0. The third kappa shape index (κ3) is 6.76. The molecule has 2 amide bonds. The van der Waals surface area contributed by atoms with Crippen LogP contribution in [0.25, 0.3) is 0 Å². The number of likely N-dealkylation sites (N-methyl/N-ethyl adjacent to an activating group) is 1. The first kappa shape index (κ1) is 28.3. The molecule has 2 aliphatic heterocycles. The lowest BCUT2D eigenvalue weighted by molar-refractivity contribution is -0.0485. The van der Waals surface area contributed by atoms with Crippen LogP contribution in [-0.4, -0.2) is 86.2 Å². The number of carbonyl (C=O) groups excluding carboxylic acids is 1. The number of hydrogen-bond donors (Lipinski definition) is 1. The number of benzene rings is 3. The topological polar surface area (TPSA) is 77.5 Å². The van der Waals surface area contributed by atoms with Gasteiger partial charge >= 0.3 is 6.03 Å². The van der Waals surface area contributed by atoms with E-state index in [0.29, 0.717) is 31.7 Å². The van der Waals surface area contributed by atoms with Gasteiger partial charge < -0.3 is 19.9 Å². The summed E-state index contributed by atoms with van der Waals surface area (Å²) in [6, 6.07) is 25.5. The van der Waals surface area contributed by atoms with Crippen molar-refractivity contribution >= 4 is 11.7 Å². The molecule has 0 bridgehead atoms. The maximum absolute atomic E-state index is 13.4. The van der Waals surface area contributed by atoms with Gasteiger partial charge in [0.25, 0.3) is 0 Å². The van der Waals surface area contributed by atoms with Crippen LogP contribution in [0.5, 0.6) is 5.75 Å². The number of nitroso groups, excluding NO2 is 1. The molecule has 1 unspecified atom stereocenters. The number of nitrogens with zero attached hydrogens (tertiary/aromatic N) is 4. The summed E-state index contributed by atoms with van der Waals surface area (Å²) in [5, 5.41) is 6.46. The second kappa shape index (κ2) is 13.0. The fraction of sp³-hybridized carbons (Fsp3) is 0.364. The van der Waals surface area contributed by atoms with Gasteiger partial charge in [-0.1, -0.05) is 47.3 Å². The lowest BCUT2D eigenvalue weighted by atomic mass is 9.73. The first-order chi connectivity index (χ1) is 19.9. The Morgan fingerprint density at radius 1 is 0.976 bits per heavy atom. The van der Waals surface area contributed by atoms with E-state index in [1.807, 2.05) is 59.5 Å². The average Bonchev–Trinajstić information content (AvgIpc) is 2.98.